The summed E-state index contributed by atoms with van der Waals surface area (Å²) in [5.74, 6) is 0. The second-order valence-electron chi connectivity index (χ2n) is 6.91. The van der Waals surface area contributed by atoms with Gasteiger partial charge in [-0.25, -0.2) is 4.79 Å². The molecule has 2 N–H and O–H groups in total. The SMILES string of the molecule is CC(C)(C)OC(=O)NC1CCCC1NCc1ccc(Cl)cc1Br. The summed E-state index contributed by atoms with van der Waals surface area (Å²) in [6.45, 7) is 6.34. The molecule has 2 atom stereocenters. The van der Waals surface area contributed by atoms with E-state index in [4.69, 9.17) is 16.3 Å². The third kappa shape index (κ3) is 5.98. The van der Waals surface area contributed by atoms with Crippen LogP contribution in [-0.2, 0) is 11.3 Å². The first-order valence-electron chi connectivity index (χ1n) is 7.91. The van der Waals surface area contributed by atoms with Gasteiger partial charge in [-0.2, -0.15) is 0 Å². The molecule has 0 bridgehead atoms. The topological polar surface area (TPSA) is 50.4 Å². The molecule has 0 radical (unpaired) electrons. The van der Waals surface area contributed by atoms with E-state index in [2.05, 4.69) is 26.6 Å². The molecule has 0 aromatic heterocycles. The molecule has 0 spiro atoms. The van der Waals surface area contributed by atoms with Crippen LogP contribution in [0.2, 0.25) is 5.02 Å². The Labute approximate surface area is 151 Å². The zero-order valence-corrected chi connectivity index (χ0v) is 16.1. The number of ether oxygens (including phenoxy) is 1. The van der Waals surface area contributed by atoms with Gasteiger partial charge in [-0.3, -0.25) is 0 Å². The number of amides is 1. The van der Waals surface area contributed by atoms with Crippen molar-refractivity contribution < 1.29 is 9.53 Å². The van der Waals surface area contributed by atoms with E-state index >= 15 is 0 Å². The quantitative estimate of drug-likeness (QED) is 0.770. The Bertz CT molecular complexity index is 560. The Morgan fingerprint density at radius 2 is 2.04 bits per heavy atom. The largest absolute Gasteiger partial charge is 0.444 e. The lowest BCUT2D eigenvalue weighted by molar-refractivity contribution is 0.0498. The molecule has 1 aromatic carbocycles. The van der Waals surface area contributed by atoms with Crippen LogP contribution in [0.15, 0.2) is 22.7 Å². The first-order chi connectivity index (χ1) is 10.7. The van der Waals surface area contributed by atoms with Gasteiger partial charge in [0.1, 0.15) is 5.60 Å². The van der Waals surface area contributed by atoms with Crippen molar-refractivity contribution in [1.29, 1.82) is 0 Å². The van der Waals surface area contributed by atoms with Crippen molar-refractivity contribution in [2.24, 2.45) is 0 Å². The zero-order valence-electron chi connectivity index (χ0n) is 13.8. The van der Waals surface area contributed by atoms with Gasteiger partial charge in [0, 0.05) is 28.1 Å². The molecule has 0 saturated heterocycles. The first kappa shape index (κ1) is 18.6. The lowest BCUT2D eigenvalue weighted by atomic mass is 10.1. The smallest absolute Gasteiger partial charge is 0.407 e. The highest BCUT2D eigenvalue weighted by atomic mass is 79.9. The third-order valence-corrected chi connectivity index (χ3v) is 4.76. The van der Waals surface area contributed by atoms with Crippen molar-refractivity contribution in [3.8, 4) is 0 Å². The summed E-state index contributed by atoms with van der Waals surface area (Å²) >= 11 is 9.50. The highest BCUT2D eigenvalue weighted by Gasteiger charge is 2.29. The van der Waals surface area contributed by atoms with Gasteiger partial charge in [-0.05, 0) is 57.7 Å². The molecule has 23 heavy (non-hydrogen) atoms. The van der Waals surface area contributed by atoms with Crippen molar-refractivity contribution in [3.63, 3.8) is 0 Å². The van der Waals surface area contributed by atoms with Gasteiger partial charge in [0.25, 0.3) is 0 Å². The fourth-order valence-corrected chi connectivity index (χ4v) is 3.57. The molecule has 1 aromatic rings. The van der Waals surface area contributed by atoms with E-state index in [9.17, 15) is 4.79 Å². The van der Waals surface area contributed by atoms with Gasteiger partial charge < -0.3 is 15.4 Å². The molecule has 0 aliphatic heterocycles. The van der Waals surface area contributed by atoms with Crippen LogP contribution in [0.25, 0.3) is 0 Å². The zero-order chi connectivity index (χ0) is 17.0. The van der Waals surface area contributed by atoms with Crippen LogP contribution in [0.3, 0.4) is 0 Å². The third-order valence-electron chi connectivity index (χ3n) is 3.79. The van der Waals surface area contributed by atoms with E-state index in [0.717, 1.165) is 35.8 Å². The van der Waals surface area contributed by atoms with Crippen molar-refractivity contribution in [1.82, 2.24) is 10.6 Å². The molecule has 128 valence electrons. The van der Waals surface area contributed by atoms with Crippen molar-refractivity contribution in [3.05, 3.63) is 33.3 Å². The number of carbonyl (C=O) groups is 1. The molecule has 1 aliphatic carbocycles. The fraction of sp³-hybridized carbons (Fsp3) is 0.588. The van der Waals surface area contributed by atoms with E-state index in [1.807, 2.05) is 39.0 Å². The summed E-state index contributed by atoms with van der Waals surface area (Å²) in [7, 11) is 0. The minimum atomic E-state index is -0.472. The van der Waals surface area contributed by atoms with Crippen LogP contribution in [-0.4, -0.2) is 23.8 Å². The second-order valence-corrected chi connectivity index (χ2v) is 8.20. The number of nitrogens with one attached hydrogen (secondary N) is 2. The molecule has 1 saturated carbocycles. The van der Waals surface area contributed by atoms with E-state index in [0.29, 0.717) is 5.02 Å². The van der Waals surface area contributed by atoms with Gasteiger partial charge in [-0.1, -0.05) is 33.6 Å². The van der Waals surface area contributed by atoms with Crippen molar-refractivity contribution in [2.45, 2.75) is 64.3 Å². The van der Waals surface area contributed by atoms with Gasteiger partial charge in [-0.15, -0.1) is 0 Å². The minimum absolute atomic E-state index is 0.107. The van der Waals surface area contributed by atoms with Crippen LogP contribution in [0.1, 0.15) is 45.6 Å². The number of hydrogen-bond acceptors (Lipinski definition) is 3. The average molecular weight is 404 g/mol. The molecule has 0 heterocycles. The summed E-state index contributed by atoms with van der Waals surface area (Å²) in [5, 5.41) is 7.24. The summed E-state index contributed by atoms with van der Waals surface area (Å²) in [5.41, 5.74) is 0.678. The number of carbonyl (C=O) groups excluding carboxylic acids is 1. The van der Waals surface area contributed by atoms with Crippen LogP contribution in [0, 0.1) is 0 Å². The van der Waals surface area contributed by atoms with Crippen LogP contribution in [0.5, 0.6) is 0 Å². The lowest BCUT2D eigenvalue weighted by Crippen LogP contribution is -2.47. The van der Waals surface area contributed by atoms with Gasteiger partial charge in [0.15, 0.2) is 0 Å². The monoisotopic (exact) mass is 402 g/mol. The van der Waals surface area contributed by atoms with Crippen LogP contribution in [0.4, 0.5) is 4.79 Å². The Morgan fingerprint density at radius 1 is 1.35 bits per heavy atom. The minimum Gasteiger partial charge on any atom is -0.444 e. The predicted molar refractivity (Wildman–Crippen MR) is 96.8 cm³/mol. The molecule has 1 aliphatic rings. The molecule has 1 fully saturated rings. The Kier molecular flexibility index (Phi) is 6.34. The van der Waals surface area contributed by atoms with E-state index in [1.165, 1.54) is 0 Å². The van der Waals surface area contributed by atoms with E-state index in [1.54, 1.807) is 0 Å². The highest BCUT2D eigenvalue weighted by Crippen LogP contribution is 2.24. The van der Waals surface area contributed by atoms with Crippen molar-refractivity contribution in [2.75, 3.05) is 0 Å². The maximum atomic E-state index is 11.9. The fourth-order valence-electron chi connectivity index (χ4n) is 2.74. The first-order valence-corrected chi connectivity index (χ1v) is 9.08. The van der Waals surface area contributed by atoms with Gasteiger partial charge in [0.2, 0.25) is 0 Å². The number of benzene rings is 1. The number of hydrogen-bond donors (Lipinski definition) is 2. The van der Waals surface area contributed by atoms with Crippen molar-refractivity contribution >= 4 is 33.6 Å². The van der Waals surface area contributed by atoms with Crippen LogP contribution < -0.4 is 10.6 Å². The number of rotatable bonds is 4. The molecule has 6 heteroatoms. The molecule has 4 nitrogen and oxygen atoms in total. The Morgan fingerprint density at radius 3 is 2.70 bits per heavy atom. The summed E-state index contributed by atoms with van der Waals surface area (Å²) < 4.78 is 6.34. The molecular weight excluding hydrogens is 380 g/mol. The lowest BCUT2D eigenvalue weighted by Gasteiger charge is -2.25. The van der Waals surface area contributed by atoms with Gasteiger partial charge in [0.05, 0.1) is 0 Å². The molecule has 1 amide bonds. The Balaban J connectivity index is 1.88. The van der Waals surface area contributed by atoms with E-state index in [-0.39, 0.29) is 18.2 Å². The Hall–Kier alpha value is -0.780. The standard InChI is InChI=1S/C17H24BrClN2O2/c1-17(2,3)23-16(22)21-15-6-4-5-14(15)20-10-11-7-8-12(19)9-13(11)18/h7-9,14-15,20H,4-6,10H2,1-3H3,(H,21,22). The summed E-state index contributed by atoms with van der Waals surface area (Å²) in [6.07, 6.45) is 2.77. The average Bonchev–Trinajstić information content (AvgIpc) is 2.82. The van der Waals surface area contributed by atoms with Crippen LogP contribution >= 0.6 is 27.5 Å². The summed E-state index contributed by atoms with van der Waals surface area (Å²) in [6, 6.07) is 6.14. The number of alkyl carbamates (subject to hydrolysis) is 1. The predicted octanol–water partition coefficient (Wildman–Crippen LogP) is 4.64. The number of halogens is 2. The highest BCUT2D eigenvalue weighted by molar-refractivity contribution is 9.10. The second kappa shape index (κ2) is 7.86. The maximum Gasteiger partial charge on any atom is 0.407 e. The molecular formula is C17H24BrClN2O2. The summed E-state index contributed by atoms with van der Waals surface area (Å²) in [4.78, 5) is 11.9. The molecule has 2 rings (SSSR count). The maximum absolute atomic E-state index is 11.9. The van der Waals surface area contributed by atoms with E-state index < -0.39 is 5.60 Å². The van der Waals surface area contributed by atoms with Gasteiger partial charge >= 0.3 is 6.09 Å². The molecule has 2 unspecified atom stereocenters. The normalized spacial score (nSPS) is 21.3.